The summed E-state index contributed by atoms with van der Waals surface area (Å²) in [4.78, 5) is 0. The first-order valence-electron chi connectivity index (χ1n) is 11.8. The molecular weight excluding hydrogens is 554 g/mol. The van der Waals surface area contributed by atoms with E-state index >= 15 is 13.2 Å². The Morgan fingerprint density at radius 3 is 0.825 bits per heavy atom. The fourth-order valence-corrected chi connectivity index (χ4v) is 3.57. The topological polar surface area (TPSA) is 27.7 Å². The van der Waals surface area contributed by atoms with E-state index in [0.717, 1.165) is 36.4 Å². The molecule has 216 valence electrons. The van der Waals surface area contributed by atoms with Crippen LogP contribution in [0.3, 0.4) is 0 Å². The molecule has 3 rings (SSSR count). The van der Waals surface area contributed by atoms with Crippen molar-refractivity contribution in [3.05, 3.63) is 106 Å². The second-order valence-electron chi connectivity index (χ2n) is 9.08. The second kappa shape index (κ2) is 12.2. The van der Waals surface area contributed by atoms with Crippen LogP contribution in [0, 0.1) is 20.8 Å². The summed E-state index contributed by atoms with van der Waals surface area (Å²) >= 11 is 0. The average Bonchev–Trinajstić information content (AvgIpc) is 2.89. The predicted molar refractivity (Wildman–Crippen MR) is 129 cm³/mol. The highest BCUT2D eigenvalue weighted by Gasteiger charge is 2.58. The smallest absolute Gasteiger partial charge is 0.345 e. The third-order valence-corrected chi connectivity index (χ3v) is 5.98. The van der Waals surface area contributed by atoms with Gasteiger partial charge in [-0.3, -0.25) is 0 Å². The SMILES string of the molecule is Cc1ccc(C(F)(OB(OC(F)(c2ccc(C)cc2)C(F)F)OC(F)(c2ccc(C)cc2)C(F)F)C(F)F)cc1. The molecule has 40 heavy (non-hydrogen) atoms. The van der Waals surface area contributed by atoms with Gasteiger partial charge in [-0.25, -0.2) is 39.5 Å². The molecule has 0 heterocycles. The molecule has 3 unspecified atom stereocenters. The van der Waals surface area contributed by atoms with E-state index in [-0.39, 0.29) is 0 Å². The van der Waals surface area contributed by atoms with E-state index in [1.54, 1.807) is 0 Å². The zero-order valence-corrected chi connectivity index (χ0v) is 21.4. The van der Waals surface area contributed by atoms with Gasteiger partial charge in [0.1, 0.15) is 0 Å². The number of halogens is 9. The zero-order valence-electron chi connectivity index (χ0n) is 21.4. The molecule has 3 aromatic rings. The summed E-state index contributed by atoms with van der Waals surface area (Å²) in [6, 6.07) is 12.0. The molecule has 13 heteroatoms. The van der Waals surface area contributed by atoms with E-state index in [9.17, 15) is 26.3 Å². The second-order valence-corrected chi connectivity index (χ2v) is 9.08. The lowest BCUT2D eigenvalue weighted by atomic mass is 10.00. The number of hydrogen-bond acceptors (Lipinski definition) is 3. The molecule has 0 spiro atoms. The first-order valence-corrected chi connectivity index (χ1v) is 11.8. The van der Waals surface area contributed by atoms with Crippen molar-refractivity contribution in [3.8, 4) is 0 Å². The Labute approximate surface area is 225 Å². The average molecular weight is 578 g/mol. The minimum atomic E-state index is -4.30. The van der Waals surface area contributed by atoms with E-state index < -0.39 is 60.9 Å². The van der Waals surface area contributed by atoms with E-state index in [1.165, 1.54) is 57.2 Å². The number of benzene rings is 3. The van der Waals surface area contributed by atoms with Crippen LogP contribution in [0.25, 0.3) is 0 Å². The molecule has 3 aromatic carbocycles. The van der Waals surface area contributed by atoms with Crippen LogP contribution in [0.1, 0.15) is 33.4 Å². The molecule has 0 aliphatic rings. The van der Waals surface area contributed by atoms with Crippen LogP contribution < -0.4 is 0 Å². The lowest BCUT2D eigenvalue weighted by molar-refractivity contribution is -0.265. The predicted octanol–water partition coefficient (Wildman–Crippen LogP) is 8.21. The monoisotopic (exact) mass is 578 g/mol. The molecule has 0 N–H and O–H groups in total. The minimum Gasteiger partial charge on any atom is -0.345 e. The maximum absolute atomic E-state index is 15.7. The van der Waals surface area contributed by atoms with Gasteiger partial charge in [0.15, 0.2) is 0 Å². The van der Waals surface area contributed by atoms with Gasteiger partial charge in [0.25, 0.3) is 36.8 Å². The van der Waals surface area contributed by atoms with Gasteiger partial charge >= 0.3 is 7.32 Å². The quantitative estimate of drug-likeness (QED) is 0.160. The van der Waals surface area contributed by atoms with Crippen LogP contribution in [0.4, 0.5) is 39.5 Å². The first-order chi connectivity index (χ1) is 18.6. The molecule has 0 radical (unpaired) electrons. The molecule has 0 saturated carbocycles. The molecule has 0 bridgehead atoms. The van der Waals surface area contributed by atoms with Gasteiger partial charge in [0.05, 0.1) is 0 Å². The summed E-state index contributed by atoms with van der Waals surface area (Å²) in [5, 5.41) is 0. The van der Waals surface area contributed by atoms with Crippen molar-refractivity contribution in [1.82, 2.24) is 0 Å². The van der Waals surface area contributed by atoms with Gasteiger partial charge in [-0.15, -0.1) is 0 Å². The van der Waals surface area contributed by atoms with Crippen LogP contribution in [0.15, 0.2) is 72.8 Å². The molecule has 0 saturated heterocycles. The summed E-state index contributed by atoms with van der Waals surface area (Å²) in [5.41, 5.74) is -1.32. The molecule has 0 aromatic heterocycles. The fourth-order valence-electron chi connectivity index (χ4n) is 3.57. The molecule has 0 fully saturated rings. The van der Waals surface area contributed by atoms with Crippen molar-refractivity contribution >= 4 is 7.32 Å². The van der Waals surface area contributed by atoms with Crippen molar-refractivity contribution in [2.75, 3.05) is 0 Å². The van der Waals surface area contributed by atoms with E-state index in [1.807, 2.05) is 0 Å². The van der Waals surface area contributed by atoms with Gasteiger partial charge in [-0.1, -0.05) is 89.5 Å². The van der Waals surface area contributed by atoms with E-state index in [2.05, 4.69) is 14.0 Å². The summed E-state index contributed by atoms with van der Waals surface area (Å²) in [7, 11) is -3.50. The highest BCUT2D eigenvalue weighted by atomic mass is 19.3. The number of alkyl halides is 9. The highest BCUT2D eigenvalue weighted by Crippen LogP contribution is 2.43. The number of aryl methyl sites for hydroxylation is 3. The third-order valence-electron chi connectivity index (χ3n) is 5.98. The Bertz CT molecular complexity index is 1090. The number of rotatable bonds is 12. The Hall–Kier alpha value is -3.03. The van der Waals surface area contributed by atoms with Gasteiger partial charge in [-0.05, 0) is 20.8 Å². The van der Waals surface area contributed by atoms with Crippen LogP contribution >= 0.6 is 0 Å². The van der Waals surface area contributed by atoms with Gasteiger partial charge in [0, 0.05) is 16.7 Å². The lowest BCUT2D eigenvalue weighted by Crippen LogP contribution is -2.51. The van der Waals surface area contributed by atoms with Gasteiger partial charge in [-0.2, -0.15) is 0 Å². The maximum Gasteiger partial charge on any atom is 0.647 e. The zero-order chi connectivity index (χ0) is 29.9. The molecular formula is C27H24BF9O3. The molecule has 0 aliphatic heterocycles. The van der Waals surface area contributed by atoms with E-state index in [4.69, 9.17) is 0 Å². The molecule has 3 atom stereocenters. The van der Waals surface area contributed by atoms with Crippen molar-refractivity contribution in [3.63, 3.8) is 0 Å². The Morgan fingerprint density at radius 1 is 0.450 bits per heavy atom. The van der Waals surface area contributed by atoms with Crippen LogP contribution in [-0.4, -0.2) is 26.6 Å². The highest BCUT2D eigenvalue weighted by molar-refractivity contribution is 6.36. The summed E-state index contributed by atoms with van der Waals surface area (Å²) < 4.78 is 145. The van der Waals surface area contributed by atoms with Crippen molar-refractivity contribution in [2.45, 2.75) is 57.6 Å². The van der Waals surface area contributed by atoms with Crippen LogP contribution in [0.2, 0.25) is 0 Å². The lowest BCUT2D eigenvalue weighted by Gasteiger charge is -2.35. The van der Waals surface area contributed by atoms with Gasteiger partial charge < -0.3 is 14.0 Å². The Balaban J connectivity index is 2.14. The van der Waals surface area contributed by atoms with Crippen molar-refractivity contribution < 1.29 is 53.5 Å². The van der Waals surface area contributed by atoms with Crippen LogP contribution in [0.5, 0.6) is 0 Å². The summed E-state index contributed by atoms with van der Waals surface area (Å²) in [5.74, 6) is -12.9. The van der Waals surface area contributed by atoms with E-state index in [0.29, 0.717) is 16.7 Å². The van der Waals surface area contributed by atoms with Crippen LogP contribution in [-0.2, 0) is 31.5 Å². The maximum atomic E-state index is 15.7. The van der Waals surface area contributed by atoms with Gasteiger partial charge in [0.2, 0.25) is 0 Å². The largest absolute Gasteiger partial charge is 0.647 e. The Kier molecular flexibility index (Phi) is 9.63. The number of hydrogen-bond donors (Lipinski definition) is 0. The fraction of sp³-hybridized carbons (Fsp3) is 0.333. The normalized spacial score (nSPS) is 16.6. The Morgan fingerprint density at radius 2 is 0.650 bits per heavy atom. The summed E-state index contributed by atoms with van der Waals surface area (Å²) in [6.07, 6.45) is -12.4. The molecule has 3 nitrogen and oxygen atoms in total. The minimum absolute atomic E-state index is 0.490. The standard InChI is InChI=1S/C27H24BF9O3/c1-16-4-10-19(11-5-16)25(35,22(29)30)38-28(39-26(36,23(31)32)20-12-6-17(2)7-13-20)40-27(37,24(33)34)21-14-8-18(3)9-15-21/h4-15,22-24H,1-3H3. The summed E-state index contributed by atoms with van der Waals surface area (Å²) in [6.45, 7) is 4.60. The first kappa shape index (κ1) is 31.5. The molecule has 0 aliphatic carbocycles. The van der Waals surface area contributed by atoms with Crippen molar-refractivity contribution in [2.24, 2.45) is 0 Å². The van der Waals surface area contributed by atoms with Crippen molar-refractivity contribution in [1.29, 1.82) is 0 Å². The third kappa shape index (κ3) is 6.64. The molecule has 0 amide bonds.